The molecule has 0 fully saturated rings. The first-order chi connectivity index (χ1) is 9.28. The SMILES string of the molecule is CNCc1cccn1Cc1nc2ccsc2c(=O)[nH]1. The molecule has 3 heterocycles. The largest absolute Gasteiger partial charge is 0.343 e. The standard InChI is InChI=1S/C13H14N4OS/c1-14-7-9-3-2-5-17(9)8-11-15-10-4-6-19-12(10)13(18)16-11/h2-6,14H,7-8H2,1H3,(H,15,16,18). The highest BCUT2D eigenvalue weighted by Gasteiger charge is 2.07. The summed E-state index contributed by atoms with van der Waals surface area (Å²) < 4.78 is 2.76. The van der Waals surface area contributed by atoms with Crippen molar-refractivity contribution in [1.29, 1.82) is 0 Å². The fraction of sp³-hybridized carbons (Fsp3) is 0.231. The monoisotopic (exact) mass is 274 g/mol. The molecule has 6 heteroatoms. The molecule has 0 spiro atoms. The lowest BCUT2D eigenvalue weighted by atomic mass is 10.4. The molecule has 0 saturated carbocycles. The Balaban J connectivity index is 1.96. The molecule has 0 bridgehead atoms. The molecule has 5 nitrogen and oxygen atoms in total. The van der Waals surface area contributed by atoms with Crippen LogP contribution < -0.4 is 10.9 Å². The number of aromatic amines is 1. The lowest BCUT2D eigenvalue weighted by Crippen LogP contribution is -2.16. The Hall–Kier alpha value is -1.92. The molecule has 3 rings (SSSR count). The Morgan fingerprint density at radius 1 is 1.47 bits per heavy atom. The molecule has 0 aliphatic carbocycles. The zero-order chi connectivity index (χ0) is 13.2. The minimum Gasteiger partial charge on any atom is -0.343 e. The van der Waals surface area contributed by atoms with Gasteiger partial charge in [0.15, 0.2) is 0 Å². The van der Waals surface area contributed by atoms with Crippen molar-refractivity contribution in [1.82, 2.24) is 19.9 Å². The first kappa shape index (κ1) is 12.1. The fourth-order valence-electron chi connectivity index (χ4n) is 2.10. The van der Waals surface area contributed by atoms with Gasteiger partial charge in [-0.3, -0.25) is 4.79 Å². The Morgan fingerprint density at radius 3 is 3.21 bits per heavy atom. The predicted octanol–water partition coefficient (Wildman–Crippen LogP) is 1.55. The van der Waals surface area contributed by atoms with E-state index in [1.165, 1.54) is 11.3 Å². The highest BCUT2D eigenvalue weighted by Crippen LogP contribution is 2.14. The molecule has 0 aliphatic heterocycles. The third-order valence-electron chi connectivity index (χ3n) is 2.97. The van der Waals surface area contributed by atoms with Gasteiger partial charge >= 0.3 is 0 Å². The second-order valence-corrected chi connectivity index (χ2v) is 5.22. The van der Waals surface area contributed by atoms with E-state index in [4.69, 9.17) is 0 Å². The van der Waals surface area contributed by atoms with Crippen LogP contribution in [0.15, 0.2) is 34.6 Å². The Kier molecular flexibility index (Phi) is 3.18. The summed E-state index contributed by atoms with van der Waals surface area (Å²) in [5.41, 5.74) is 1.87. The highest BCUT2D eigenvalue weighted by atomic mass is 32.1. The van der Waals surface area contributed by atoms with Gasteiger partial charge in [-0.2, -0.15) is 0 Å². The summed E-state index contributed by atoms with van der Waals surface area (Å²) in [7, 11) is 1.91. The number of nitrogens with one attached hydrogen (secondary N) is 2. The lowest BCUT2D eigenvalue weighted by Gasteiger charge is -2.08. The molecule has 0 aliphatic rings. The smallest absolute Gasteiger partial charge is 0.268 e. The third-order valence-corrected chi connectivity index (χ3v) is 3.87. The normalized spacial score (nSPS) is 11.2. The van der Waals surface area contributed by atoms with E-state index >= 15 is 0 Å². The number of nitrogens with zero attached hydrogens (tertiary/aromatic N) is 2. The van der Waals surface area contributed by atoms with Gasteiger partial charge in [-0.25, -0.2) is 4.98 Å². The Bertz CT molecular complexity index is 755. The van der Waals surface area contributed by atoms with E-state index in [-0.39, 0.29) is 5.56 Å². The lowest BCUT2D eigenvalue weighted by molar-refractivity contribution is 0.672. The number of aromatic nitrogens is 3. The van der Waals surface area contributed by atoms with Crippen molar-refractivity contribution in [3.05, 3.63) is 51.6 Å². The van der Waals surface area contributed by atoms with Gasteiger partial charge in [-0.05, 0) is 30.6 Å². The maximum atomic E-state index is 11.9. The van der Waals surface area contributed by atoms with Crippen molar-refractivity contribution in [2.45, 2.75) is 13.1 Å². The second kappa shape index (κ2) is 4.99. The van der Waals surface area contributed by atoms with Crippen LogP contribution in [-0.2, 0) is 13.1 Å². The average Bonchev–Trinajstić information content (AvgIpc) is 3.00. The quantitative estimate of drug-likeness (QED) is 0.759. The van der Waals surface area contributed by atoms with E-state index in [9.17, 15) is 4.79 Å². The molecule has 3 aromatic rings. The van der Waals surface area contributed by atoms with E-state index in [1.807, 2.05) is 30.8 Å². The predicted molar refractivity (Wildman–Crippen MR) is 76.5 cm³/mol. The molecule has 0 aromatic carbocycles. The molecule has 0 saturated heterocycles. The molecule has 0 unspecified atom stereocenters. The summed E-state index contributed by atoms with van der Waals surface area (Å²) in [6.45, 7) is 1.36. The van der Waals surface area contributed by atoms with Gasteiger partial charge in [0.05, 0.1) is 12.1 Å². The first-order valence-electron chi connectivity index (χ1n) is 6.03. The summed E-state index contributed by atoms with van der Waals surface area (Å²) in [6.07, 6.45) is 1.99. The van der Waals surface area contributed by atoms with Gasteiger partial charge in [0.25, 0.3) is 5.56 Å². The molecule has 0 atom stereocenters. The summed E-state index contributed by atoms with van der Waals surface area (Å²) >= 11 is 1.42. The van der Waals surface area contributed by atoms with Crippen LogP contribution in [0.3, 0.4) is 0 Å². The van der Waals surface area contributed by atoms with Crippen molar-refractivity contribution in [3.8, 4) is 0 Å². The maximum Gasteiger partial charge on any atom is 0.268 e. The Labute approximate surface area is 113 Å². The van der Waals surface area contributed by atoms with Crippen LogP contribution in [0.4, 0.5) is 0 Å². The molecule has 19 heavy (non-hydrogen) atoms. The molecule has 3 aromatic heterocycles. The van der Waals surface area contributed by atoms with Crippen LogP contribution >= 0.6 is 11.3 Å². The van der Waals surface area contributed by atoms with Crippen molar-refractivity contribution >= 4 is 21.6 Å². The Morgan fingerprint density at radius 2 is 2.37 bits per heavy atom. The van der Waals surface area contributed by atoms with Crippen LogP contribution in [0.2, 0.25) is 0 Å². The molecule has 0 radical (unpaired) electrons. The number of hydrogen-bond donors (Lipinski definition) is 2. The van der Waals surface area contributed by atoms with Crippen molar-refractivity contribution in [2.75, 3.05) is 7.05 Å². The zero-order valence-electron chi connectivity index (χ0n) is 10.5. The number of thiophene rings is 1. The molecule has 2 N–H and O–H groups in total. The van der Waals surface area contributed by atoms with Gasteiger partial charge in [0.2, 0.25) is 0 Å². The van der Waals surface area contributed by atoms with Gasteiger partial charge in [0.1, 0.15) is 10.5 Å². The molecular formula is C13H14N4OS. The zero-order valence-corrected chi connectivity index (χ0v) is 11.3. The average molecular weight is 274 g/mol. The first-order valence-corrected chi connectivity index (χ1v) is 6.91. The van der Waals surface area contributed by atoms with E-state index < -0.39 is 0 Å². The van der Waals surface area contributed by atoms with E-state index in [0.717, 1.165) is 17.8 Å². The van der Waals surface area contributed by atoms with Gasteiger partial charge in [0, 0.05) is 18.4 Å². The second-order valence-electron chi connectivity index (χ2n) is 4.31. The molecular weight excluding hydrogens is 260 g/mol. The molecule has 0 amide bonds. The van der Waals surface area contributed by atoms with Crippen LogP contribution in [0.1, 0.15) is 11.5 Å². The summed E-state index contributed by atoms with van der Waals surface area (Å²) in [6, 6.07) is 5.93. The summed E-state index contributed by atoms with van der Waals surface area (Å²) in [4.78, 5) is 19.2. The number of rotatable bonds is 4. The summed E-state index contributed by atoms with van der Waals surface area (Å²) in [5, 5.41) is 5.01. The van der Waals surface area contributed by atoms with Crippen molar-refractivity contribution in [3.63, 3.8) is 0 Å². The minimum atomic E-state index is -0.0580. The van der Waals surface area contributed by atoms with Crippen LogP contribution in [0.5, 0.6) is 0 Å². The van der Waals surface area contributed by atoms with E-state index in [0.29, 0.717) is 17.1 Å². The summed E-state index contributed by atoms with van der Waals surface area (Å²) in [5.74, 6) is 0.685. The van der Waals surface area contributed by atoms with Crippen LogP contribution in [0, 0.1) is 0 Å². The van der Waals surface area contributed by atoms with E-state index in [2.05, 4.69) is 25.9 Å². The van der Waals surface area contributed by atoms with Crippen molar-refractivity contribution in [2.24, 2.45) is 0 Å². The van der Waals surface area contributed by atoms with Gasteiger partial charge in [-0.15, -0.1) is 11.3 Å². The third kappa shape index (κ3) is 2.32. The number of fused-ring (bicyclic) bond motifs is 1. The minimum absolute atomic E-state index is 0.0580. The fourth-order valence-corrected chi connectivity index (χ4v) is 2.83. The molecule has 98 valence electrons. The number of H-pyrrole nitrogens is 1. The van der Waals surface area contributed by atoms with Crippen LogP contribution in [0.25, 0.3) is 10.2 Å². The topological polar surface area (TPSA) is 62.7 Å². The highest BCUT2D eigenvalue weighted by molar-refractivity contribution is 7.17. The van der Waals surface area contributed by atoms with Crippen LogP contribution in [-0.4, -0.2) is 21.6 Å². The van der Waals surface area contributed by atoms with Gasteiger partial charge in [-0.1, -0.05) is 0 Å². The van der Waals surface area contributed by atoms with E-state index in [1.54, 1.807) is 0 Å². The number of hydrogen-bond acceptors (Lipinski definition) is 4. The maximum absolute atomic E-state index is 11.9. The van der Waals surface area contributed by atoms with Gasteiger partial charge < -0.3 is 14.9 Å². The van der Waals surface area contributed by atoms with Crippen molar-refractivity contribution < 1.29 is 0 Å².